The van der Waals surface area contributed by atoms with Crippen molar-refractivity contribution in [2.45, 2.75) is 13.1 Å². The molecule has 1 heterocycles. The van der Waals surface area contributed by atoms with Crippen LogP contribution in [0.1, 0.15) is 31.8 Å². The molecule has 36 heavy (non-hydrogen) atoms. The zero-order valence-electron chi connectivity index (χ0n) is 19.5. The molecular formula is C26H23N3O7. The van der Waals surface area contributed by atoms with E-state index < -0.39 is 23.0 Å². The molecule has 10 heteroatoms. The predicted octanol–water partition coefficient (Wildman–Crippen LogP) is 2.09. The lowest BCUT2D eigenvalue weighted by molar-refractivity contribution is 0.0693. The predicted molar refractivity (Wildman–Crippen MR) is 132 cm³/mol. The zero-order valence-corrected chi connectivity index (χ0v) is 19.5. The fourth-order valence-corrected chi connectivity index (χ4v) is 3.86. The fraction of sp³-hybridized carbons (Fsp3) is 0.154. The second-order valence-electron chi connectivity index (χ2n) is 8.15. The number of aromatic nitrogens is 2. The van der Waals surface area contributed by atoms with E-state index in [2.05, 4.69) is 5.32 Å². The first kappa shape index (κ1) is 24.3. The Morgan fingerprint density at radius 3 is 2.31 bits per heavy atom. The van der Waals surface area contributed by atoms with Gasteiger partial charge in [0.1, 0.15) is 17.1 Å². The number of nitrogens with one attached hydrogen (secondary N) is 1. The van der Waals surface area contributed by atoms with Crippen molar-refractivity contribution >= 4 is 22.8 Å². The summed E-state index contributed by atoms with van der Waals surface area (Å²) >= 11 is 0. The Labute approximate surface area is 204 Å². The highest BCUT2D eigenvalue weighted by molar-refractivity contribution is 5.97. The van der Waals surface area contributed by atoms with Gasteiger partial charge in [0.2, 0.25) is 0 Å². The van der Waals surface area contributed by atoms with Gasteiger partial charge in [-0.2, -0.15) is 0 Å². The summed E-state index contributed by atoms with van der Waals surface area (Å²) in [5, 5.41) is 22.0. The van der Waals surface area contributed by atoms with E-state index in [0.29, 0.717) is 16.8 Å². The minimum Gasteiger partial charge on any atom is -0.507 e. The van der Waals surface area contributed by atoms with Crippen molar-refractivity contribution in [1.29, 1.82) is 0 Å². The molecule has 0 aliphatic heterocycles. The number of aromatic hydroxyl groups is 1. The first-order chi connectivity index (χ1) is 17.2. The maximum Gasteiger partial charge on any atom is 0.339 e. The number of ether oxygens (including phenoxy) is 1. The summed E-state index contributed by atoms with van der Waals surface area (Å²) in [5.74, 6) is -1.45. The lowest BCUT2D eigenvalue weighted by Crippen LogP contribution is -2.39. The summed E-state index contributed by atoms with van der Waals surface area (Å²) < 4.78 is 7.38. The monoisotopic (exact) mass is 489 g/mol. The molecule has 4 rings (SSSR count). The Bertz CT molecular complexity index is 1600. The van der Waals surface area contributed by atoms with Gasteiger partial charge >= 0.3 is 11.7 Å². The number of hydrogen-bond donors (Lipinski definition) is 3. The van der Waals surface area contributed by atoms with Crippen LogP contribution in [0.2, 0.25) is 0 Å². The largest absolute Gasteiger partial charge is 0.507 e. The number of amides is 1. The maximum absolute atomic E-state index is 13.2. The third-order valence-electron chi connectivity index (χ3n) is 5.86. The topological polar surface area (TPSA) is 140 Å². The number of hydrogen-bond acceptors (Lipinski definition) is 6. The van der Waals surface area contributed by atoms with Gasteiger partial charge in [-0.15, -0.1) is 0 Å². The molecule has 184 valence electrons. The van der Waals surface area contributed by atoms with Crippen LogP contribution >= 0.6 is 0 Å². The van der Waals surface area contributed by atoms with Crippen molar-refractivity contribution in [2.24, 2.45) is 7.05 Å². The number of aryl methyl sites for hydroxylation is 1. The normalized spacial score (nSPS) is 10.8. The van der Waals surface area contributed by atoms with Crippen LogP contribution in [0, 0.1) is 0 Å². The number of nitrogens with zero attached hydrogens (tertiary/aromatic N) is 2. The lowest BCUT2D eigenvalue weighted by Gasteiger charge is -2.13. The molecule has 0 saturated heterocycles. The van der Waals surface area contributed by atoms with Crippen molar-refractivity contribution in [1.82, 2.24) is 14.5 Å². The minimum atomic E-state index is -1.30. The van der Waals surface area contributed by atoms with Crippen LogP contribution in [-0.2, 0) is 20.1 Å². The number of carboxylic acids is 1. The summed E-state index contributed by atoms with van der Waals surface area (Å²) in [6.07, 6.45) is 0. The molecule has 0 atom stereocenters. The van der Waals surface area contributed by atoms with Gasteiger partial charge in [-0.25, -0.2) is 9.59 Å². The van der Waals surface area contributed by atoms with E-state index in [1.165, 1.54) is 48.0 Å². The molecule has 0 spiro atoms. The molecule has 0 aliphatic carbocycles. The Balaban J connectivity index is 1.65. The molecule has 1 amide bonds. The number of carbonyl (C=O) groups is 2. The summed E-state index contributed by atoms with van der Waals surface area (Å²) in [5.41, 5.74) is 0.351. The Kier molecular flexibility index (Phi) is 6.60. The second-order valence-corrected chi connectivity index (χ2v) is 8.15. The number of rotatable bonds is 7. The van der Waals surface area contributed by atoms with E-state index in [1.54, 1.807) is 19.2 Å². The summed E-state index contributed by atoms with van der Waals surface area (Å²) in [4.78, 5) is 50.0. The first-order valence-corrected chi connectivity index (χ1v) is 10.9. The van der Waals surface area contributed by atoms with Crippen LogP contribution in [0.25, 0.3) is 10.9 Å². The molecule has 0 saturated carbocycles. The molecule has 10 nitrogen and oxygen atoms in total. The number of benzene rings is 3. The van der Waals surface area contributed by atoms with E-state index in [-0.39, 0.29) is 35.5 Å². The van der Waals surface area contributed by atoms with Crippen molar-refractivity contribution in [2.75, 3.05) is 7.11 Å². The molecule has 0 radical (unpaired) electrons. The van der Waals surface area contributed by atoms with Gasteiger partial charge in [-0.1, -0.05) is 18.2 Å². The summed E-state index contributed by atoms with van der Waals surface area (Å²) in [6.45, 7) is 0.0804. The third-order valence-corrected chi connectivity index (χ3v) is 5.86. The number of aromatic carboxylic acids is 1. The van der Waals surface area contributed by atoms with Crippen molar-refractivity contribution < 1.29 is 24.5 Å². The molecule has 3 aromatic carbocycles. The Morgan fingerprint density at radius 2 is 1.67 bits per heavy atom. The molecule has 0 bridgehead atoms. The third kappa shape index (κ3) is 4.69. The number of fused-ring (bicyclic) bond motifs is 1. The molecule has 0 unspecified atom stereocenters. The minimum absolute atomic E-state index is 0.167. The van der Waals surface area contributed by atoms with E-state index >= 15 is 0 Å². The van der Waals surface area contributed by atoms with Gasteiger partial charge in [0, 0.05) is 19.2 Å². The zero-order chi connectivity index (χ0) is 26.0. The molecule has 1 aromatic heterocycles. The van der Waals surface area contributed by atoms with Crippen LogP contribution in [0.5, 0.6) is 11.5 Å². The SMILES string of the molecule is COc1ccc(CNC(=O)c2ccc3c(c2)c(=O)n(Cc2ccc(C(=O)O)c(O)c2)c(=O)n3C)cc1. The highest BCUT2D eigenvalue weighted by Gasteiger charge is 2.16. The van der Waals surface area contributed by atoms with E-state index in [9.17, 15) is 24.3 Å². The number of carbonyl (C=O) groups excluding carboxylic acids is 1. The van der Waals surface area contributed by atoms with E-state index in [4.69, 9.17) is 9.84 Å². The fourth-order valence-electron chi connectivity index (χ4n) is 3.86. The van der Waals surface area contributed by atoms with Crippen molar-refractivity contribution in [3.8, 4) is 11.5 Å². The second kappa shape index (κ2) is 9.79. The molecule has 0 fully saturated rings. The molecule has 0 aliphatic rings. The van der Waals surface area contributed by atoms with Crippen LogP contribution < -0.4 is 21.3 Å². The van der Waals surface area contributed by atoms with Crippen LogP contribution in [0.3, 0.4) is 0 Å². The average Bonchev–Trinajstić information content (AvgIpc) is 2.88. The van der Waals surface area contributed by atoms with Gasteiger partial charge in [-0.3, -0.25) is 18.7 Å². The smallest absolute Gasteiger partial charge is 0.339 e. The number of carboxylic acid groups (broad SMARTS) is 1. The van der Waals surface area contributed by atoms with Crippen molar-refractivity contribution in [3.63, 3.8) is 0 Å². The van der Waals surface area contributed by atoms with Gasteiger partial charge < -0.3 is 20.3 Å². The van der Waals surface area contributed by atoms with E-state index in [1.807, 2.05) is 12.1 Å². The van der Waals surface area contributed by atoms with E-state index in [0.717, 1.165) is 10.1 Å². The van der Waals surface area contributed by atoms with Crippen LogP contribution in [-0.4, -0.2) is 38.3 Å². The van der Waals surface area contributed by atoms with Gasteiger partial charge in [0.15, 0.2) is 0 Å². The number of phenols is 1. The number of methoxy groups -OCH3 is 1. The van der Waals surface area contributed by atoms with Gasteiger partial charge in [-0.05, 0) is 53.6 Å². The summed E-state index contributed by atoms with van der Waals surface area (Å²) in [6, 6.07) is 15.6. The average molecular weight is 489 g/mol. The Hall–Kier alpha value is -4.86. The van der Waals surface area contributed by atoms with Gasteiger partial charge in [0.05, 0.1) is 24.6 Å². The molecular weight excluding hydrogens is 466 g/mol. The molecule has 4 aromatic rings. The lowest BCUT2D eigenvalue weighted by atomic mass is 10.1. The van der Waals surface area contributed by atoms with Crippen LogP contribution in [0.4, 0.5) is 0 Å². The highest BCUT2D eigenvalue weighted by Crippen LogP contribution is 2.19. The molecule has 3 N–H and O–H groups in total. The standard InChI is InChI=1S/C26H23N3O7/c1-28-21-10-6-17(23(31)27-13-15-3-7-18(36-2)8-4-15)12-20(21)24(32)29(26(28)35)14-16-5-9-19(25(33)34)22(30)11-16/h3-12,30H,13-14H2,1-2H3,(H,27,31)(H,33,34). The summed E-state index contributed by atoms with van der Waals surface area (Å²) in [7, 11) is 3.08. The maximum atomic E-state index is 13.2. The Morgan fingerprint density at radius 1 is 0.972 bits per heavy atom. The van der Waals surface area contributed by atoms with Crippen molar-refractivity contribution in [3.05, 3.63) is 104 Å². The van der Waals surface area contributed by atoms with Crippen LogP contribution in [0.15, 0.2) is 70.3 Å². The first-order valence-electron chi connectivity index (χ1n) is 10.9. The quantitative estimate of drug-likeness (QED) is 0.361. The van der Waals surface area contributed by atoms with Gasteiger partial charge in [0.25, 0.3) is 11.5 Å². The highest BCUT2D eigenvalue weighted by atomic mass is 16.5.